The molecule has 140 valence electrons. The average Bonchev–Trinajstić information content (AvgIpc) is 2.61. The highest BCUT2D eigenvalue weighted by molar-refractivity contribution is 7.85. The number of nitrogens with zero attached hydrogens (tertiary/aromatic N) is 3. The molecule has 1 saturated heterocycles. The second kappa shape index (κ2) is 7.82. The highest BCUT2D eigenvalue weighted by Crippen LogP contribution is 2.39. The first-order chi connectivity index (χ1) is 12.3. The summed E-state index contributed by atoms with van der Waals surface area (Å²) in [4.78, 5) is 11.6. The van der Waals surface area contributed by atoms with Crippen LogP contribution >= 0.6 is 0 Å². The lowest BCUT2D eigenvalue weighted by molar-refractivity contribution is 0.109. The van der Waals surface area contributed by atoms with Crippen LogP contribution in [0.1, 0.15) is 54.0 Å². The third-order valence-electron chi connectivity index (χ3n) is 4.89. The van der Waals surface area contributed by atoms with Crippen LogP contribution in [-0.2, 0) is 20.9 Å². The van der Waals surface area contributed by atoms with Gasteiger partial charge >= 0.3 is 0 Å². The molecular weight excluding hydrogens is 350 g/mol. The normalized spacial score (nSPS) is 21.7. The van der Waals surface area contributed by atoms with Gasteiger partial charge in [-0.1, -0.05) is 12.1 Å². The van der Waals surface area contributed by atoms with E-state index in [0.717, 1.165) is 36.9 Å². The van der Waals surface area contributed by atoms with Crippen molar-refractivity contribution in [3.05, 3.63) is 59.2 Å². The Morgan fingerprint density at radius 1 is 1.19 bits per heavy atom. The zero-order valence-corrected chi connectivity index (χ0v) is 16.2. The first-order valence-corrected chi connectivity index (χ1v) is 10.6. The van der Waals surface area contributed by atoms with Gasteiger partial charge in [0.15, 0.2) is 0 Å². The lowest BCUT2D eigenvalue weighted by atomic mass is 9.90. The van der Waals surface area contributed by atoms with Crippen LogP contribution in [0.3, 0.4) is 0 Å². The second-order valence-electron chi connectivity index (χ2n) is 6.85. The quantitative estimate of drug-likeness (QED) is 0.748. The molecule has 2 aromatic heterocycles. The summed E-state index contributed by atoms with van der Waals surface area (Å²) in [5.41, 5.74) is 3.89. The smallest absolute Gasteiger partial charge is 0.264 e. The van der Waals surface area contributed by atoms with Gasteiger partial charge in [0.2, 0.25) is 0 Å². The van der Waals surface area contributed by atoms with E-state index in [-0.39, 0.29) is 18.7 Å². The van der Waals surface area contributed by atoms with E-state index in [1.54, 1.807) is 6.07 Å². The van der Waals surface area contributed by atoms with Crippen molar-refractivity contribution in [1.29, 1.82) is 0 Å². The largest absolute Gasteiger partial charge is 0.289 e. The molecule has 0 saturated carbocycles. The minimum atomic E-state index is -3.48. The summed E-state index contributed by atoms with van der Waals surface area (Å²) in [5.74, 6) is 0. The van der Waals surface area contributed by atoms with Crippen LogP contribution in [0.4, 0.5) is 0 Å². The Hall–Kier alpha value is -1.83. The summed E-state index contributed by atoms with van der Waals surface area (Å²) >= 11 is 0. The molecule has 2 aromatic rings. The van der Waals surface area contributed by atoms with Crippen LogP contribution in [0.25, 0.3) is 0 Å². The van der Waals surface area contributed by atoms with Gasteiger partial charge in [-0.3, -0.25) is 19.1 Å². The number of rotatable bonds is 5. The lowest BCUT2D eigenvalue weighted by Crippen LogP contribution is -2.34. The molecule has 0 bridgehead atoms. The van der Waals surface area contributed by atoms with Gasteiger partial charge in [0.25, 0.3) is 10.1 Å². The van der Waals surface area contributed by atoms with Gasteiger partial charge in [0.05, 0.1) is 35.4 Å². The maximum atomic E-state index is 11.2. The van der Waals surface area contributed by atoms with Crippen molar-refractivity contribution < 1.29 is 12.6 Å². The minimum Gasteiger partial charge on any atom is -0.289 e. The van der Waals surface area contributed by atoms with Gasteiger partial charge in [-0.15, -0.1) is 0 Å². The Labute approximate surface area is 155 Å². The fourth-order valence-corrected chi connectivity index (χ4v) is 3.93. The molecule has 0 N–H and O–H groups in total. The Bertz CT molecular complexity index is 870. The first-order valence-electron chi connectivity index (χ1n) is 8.79. The fraction of sp³-hybridized carbons (Fsp3) is 0.474. The SMILES string of the molecule is Cc1cccnc1[C@@H]1CCC[C@H](c2cccc(COS(C)(=O)=O)n2)N1C. The van der Waals surface area contributed by atoms with E-state index in [2.05, 4.69) is 34.9 Å². The van der Waals surface area contributed by atoms with Gasteiger partial charge in [0.1, 0.15) is 6.61 Å². The van der Waals surface area contributed by atoms with E-state index in [0.29, 0.717) is 5.69 Å². The molecule has 0 amide bonds. The first kappa shape index (κ1) is 18.9. The van der Waals surface area contributed by atoms with Crippen molar-refractivity contribution in [2.45, 2.75) is 44.9 Å². The predicted molar refractivity (Wildman–Crippen MR) is 99.9 cm³/mol. The van der Waals surface area contributed by atoms with Crippen LogP contribution in [0.5, 0.6) is 0 Å². The van der Waals surface area contributed by atoms with Crippen LogP contribution in [0.2, 0.25) is 0 Å². The van der Waals surface area contributed by atoms with Crippen molar-refractivity contribution >= 4 is 10.1 Å². The van der Waals surface area contributed by atoms with Crippen LogP contribution in [0.15, 0.2) is 36.5 Å². The Morgan fingerprint density at radius 3 is 2.69 bits per heavy atom. The van der Waals surface area contributed by atoms with Crippen molar-refractivity contribution in [2.24, 2.45) is 0 Å². The minimum absolute atomic E-state index is 0.0358. The number of aryl methyl sites for hydroxylation is 1. The van der Waals surface area contributed by atoms with Crippen molar-refractivity contribution in [3.63, 3.8) is 0 Å². The molecule has 0 unspecified atom stereocenters. The monoisotopic (exact) mass is 375 g/mol. The topological polar surface area (TPSA) is 72.4 Å². The molecule has 6 nitrogen and oxygen atoms in total. The van der Waals surface area contributed by atoms with Gasteiger partial charge < -0.3 is 0 Å². The Kier molecular flexibility index (Phi) is 5.70. The van der Waals surface area contributed by atoms with E-state index in [1.165, 1.54) is 5.56 Å². The molecule has 3 heterocycles. The molecule has 0 aromatic carbocycles. The summed E-state index contributed by atoms with van der Waals surface area (Å²) in [6.45, 7) is 2.06. The zero-order chi connectivity index (χ0) is 18.7. The molecule has 1 aliphatic heterocycles. The van der Waals surface area contributed by atoms with E-state index >= 15 is 0 Å². The highest BCUT2D eigenvalue weighted by Gasteiger charge is 2.31. The molecule has 2 atom stereocenters. The number of likely N-dealkylation sites (tertiary alicyclic amines) is 1. The number of pyridine rings is 2. The molecule has 1 fully saturated rings. The standard InChI is InChI=1S/C19H25N3O3S/c1-14-7-6-12-20-19(14)18-11-5-10-17(22(18)2)16-9-4-8-15(21-16)13-25-26(3,23)24/h4,6-9,12,17-18H,5,10-11,13H2,1-3H3/t17-,18+/m1/s1. The summed E-state index contributed by atoms with van der Waals surface area (Å²) in [6.07, 6.45) is 6.08. The second-order valence-corrected chi connectivity index (χ2v) is 8.50. The average molecular weight is 375 g/mol. The number of hydrogen-bond donors (Lipinski definition) is 0. The Balaban J connectivity index is 1.81. The number of hydrogen-bond acceptors (Lipinski definition) is 6. The van der Waals surface area contributed by atoms with E-state index in [1.807, 2.05) is 24.4 Å². The van der Waals surface area contributed by atoms with E-state index in [4.69, 9.17) is 4.18 Å². The lowest BCUT2D eigenvalue weighted by Gasteiger charge is -2.39. The molecule has 1 aliphatic rings. The van der Waals surface area contributed by atoms with Gasteiger partial charge in [-0.2, -0.15) is 8.42 Å². The van der Waals surface area contributed by atoms with Crippen LogP contribution in [0, 0.1) is 6.92 Å². The fourth-order valence-electron chi connectivity index (χ4n) is 3.59. The predicted octanol–water partition coefficient (Wildman–Crippen LogP) is 3.16. The van der Waals surface area contributed by atoms with Gasteiger partial charge in [-0.05, 0) is 57.0 Å². The molecule has 0 aliphatic carbocycles. The van der Waals surface area contributed by atoms with Crippen LogP contribution < -0.4 is 0 Å². The van der Waals surface area contributed by atoms with E-state index < -0.39 is 10.1 Å². The summed E-state index contributed by atoms with van der Waals surface area (Å²) in [7, 11) is -1.36. The molecule has 26 heavy (non-hydrogen) atoms. The maximum Gasteiger partial charge on any atom is 0.264 e. The third kappa shape index (κ3) is 4.47. The molecule has 7 heteroatoms. The molecule has 3 rings (SSSR count). The third-order valence-corrected chi connectivity index (χ3v) is 5.44. The summed E-state index contributed by atoms with van der Waals surface area (Å²) in [5, 5.41) is 0. The zero-order valence-electron chi connectivity index (χ0n) is 15.4. The molecule has 0 spiro atoms. The summed E-state index contributed by atoms with van der Waals surface area (Å²) < 4.78 is 27.3. The van der Waals surface area contributed by atoms with Crippen molar-refractivity contribution in [1.82, 2.24) is 14.9 Å². The van der Waals surface area contributed by atoms with E-state index in [9.17, 15) is 8.42 Å². The van der Waals surface area contributed by atoms with Crippen molar-refractivity contribution in [2.75, 3.05) is 13.3 Å². The Morgan fingerprint density at radius 2 is 1.96 bits per heavy atom. The van der Waals surface area contributed by atoms with Gasteiger partial charge in [-0.25, -0.2) is 0 Å². The number of piperidine rings is 1. The van der Waals surface area contributed by atoms with Crippen LogP contribution in [-0.4, -0.2) is 36.6 Å². The maximum absolute atomic E-state index is 11.2. The molecule has 0 radical (unpaired) electrons. The van der Waals surface area contributed by atoms with Gasteiger partial charge in [0, 0.05) is 6.20 Å². The van der Waals surface area contributed by atoms with Crippen molar-refractivity contribution in [3.8, 4) is 0 Å². The number of aromatic nitrogens is 2. The highest BCUT2D eigenvalue weighted by atomic mass is 32.2. The molecular formula is C19H25N3O3S. The summed E-state index contributed by atoms with van der Waals surface area (Å²) in [6, 6.07) is 10.2.